The zero-order valence-corrected chi connectivity index (χ0v) is 10.5. The third-order valence-corrected chi connectivity index (χ3v) is 3.03. The van der Waals surface area contributed by atoms with Crippen molar-refractivity contribution in [1.82, 2.24) is 4.57 Å². The van der Waals surface area contributed by atoms with Gasteiger partial charge in [-0.25, -0.2) is 0 Å². The fourth-order valence-electron chi connectivity index (χ4n) is 1.97. The van der Waals surface area contributed by atoms with Gasteiger partial charge in [-0.1, -0.05) is 18.5 Å². The lowest BCUT2D eigenvalue weighted by Gasteiger charge is -2.09. The van der Waals surface area contributed by atoms with Crippen LogP contribution >= 0.6 is 11.6 Å². The molecular formula is C12H11ClN2O3. The number of rotatable bonds is 3. The summed E-state index contributed by atoms with van der Waals surface area (Å²) in [5.74, 6) is 0. The van der Waals surface area contributed by atoms with Gasteiger partial charge < -0.3 is 4.57 Å². The molecule has 0 aliphatic heterocycles. The molecule has 5 nitrogen and oxygen atoms in total. The Hall–Kier alpha value is -1.88. The van der Waals surface area contributed by atoms with E-state index < -0.39 is 4.92 Å². The van der Waals surface area contributed by atoms with Crippen molar-refractivity contribution >= 4 is 28.2 Å². The summed E-state index contributed by atoms with van der Waals surface area (Å²) >= 11 is 5.84. The summed E-state index contributed by atoms with van der Waals surface area (Å²) in [6.07, 6.45) is 0.773. The average Bonchev–Trinajstić information content (AvgIpc) is 2.32. The van der Waals surface area contributed by atoms with Crippen molar-refractivity contribution in [3.8, 4) is 0 Å². The van der Waals surface area contributed by atoms with Crippen LogP contribution in [0.2, 0.25) is 5.02 Å². The molecule has 0 aliphatic rings. The van der Waals surface area contributed by atoms with Gasteiger partial charge in [-0.05, 0) is 24.6 Å². The highest BCUT2D eigenvalue weighted by Gasteiger charge is 2.18. The molecule has 0 aliphatic carbocycles. The Morgan fingerprint density at radius 2 is 2.06 bits per heavy atom. The summed E-state index contributed by atoms with van der Waals surface area (Å²) in [7, 11) is 0. The van der Waals surface area contributed by atoms with Gasteiger partial charge in [0.05, 0.1) is 15.8 Å². The van der Waals surface area contributed by atoms with Gasteiger partial charge in [-0.15, -0.1) is 0 Å². The van der Waals surface area contributed by atoms with Crippen LogP contribution in [0.5, 0.6) is 0 Å². The van der Waals surface area contributed by atoms with E-state index in [1.807, 2.05) is 6.92 Å². The van der Waals surface area contributed by atoms with Gasteiger partial charge in [-0.2, -0.15) is 0 Å². The maximum absolute atomic E-state index is 11.7. The fraction of sp³-hybridized carbons (Fsp3) is 0.250. The number of benzene rings is 1. The first kappa shape index (κ1) is 12.6. The van der Waals surface area contributed by atoms with E-state index in [1.54, 1.807) is 6.07 Å². The number of halogens is 1. The topological polar surface area (TPSA) is 65.1 Å². The highest BCUT2D eigenvalue weighted by Crippen LogP contribution is 2.32. The number of hydrogen-bond donors (Lipinski definition) is 0. The lowest BCUT2D eigenvalue weighted by Crippen LogP contribution is -2.19. The highest BCUT2D eigenvalue weighted by molar-refractivity contribution is 6.34. The fourth-order valence-corrected chi connectivity index (χ4v) is 2.21. The lowest BCUT2D eigenvalue weighted by atomic mass is 10.1. The number of fused-ring (bicyclic) bond motifs is 1. The quantitative estimate of drug-likeness (QED) is 0.634. The van der Waals surface area contributed by atoms with Gasteiger partial charge in [0, 0.05) is 12.6 Å². The molecule has 2 aromatic rings. The third-order valence-electron chi connectivity index (χ3n) is 2.72. The molecule has 0 radical (unpaired) electrons. The molecule has 94 valence electrons. The molecule has 0 spiro atoms. The van der Waals surface area contributed by atoms with Crippen LogP contribution in [0.25, 0.3) is 10.9 Å². The SMILES string of the molecule is CCCn1c(=O)ccc2c([N+](=O)[O-])c(Cl)ccc21. The molecule has 6 heteroatoms. The third kappa shape index (κ3) is 1.97. The number of aromatic nitrogens is 1. The predicted molar refractivity (Wildman–Crippen MR) is 70.2 cm³/mol. The maximum Gasteiger partial charge on any atom is 0.297 e. The van der Waals surface area contributed by atoms with E-state index in [9.17, 15) is 14.9 Å². The van der Waals surface area contributed by atoms with Gasteiger partial charge in [-0.3, -0.25) is 14.9 Å². The number of pyridine rings is 1. The molecule has 18 heavy (non-hydrogen) atoms. The Labute approximate surface area is 108 Å². The highest BCUT2D eigenvalue weighted by atomic mass is 35.5. The second kappa shape index (κ2) is 4.78. The van der Waals surface area contributed by atoms with Gasteiger partial charge >= 0.3 is 0 Å². The van der Waals surface area contributed by atoms with Crippen LogP contribution in [-0.2, 0) is 6.54 Å². The smallest absolute Gasteiger partial charge is 0.297 e. The molecule has 2 rings (SSSR count). The first-order valence-electron chi connectivity index (χ1n) is 5.52. The summed E-state index contributed by atoms with van der Waals surface area (Å²) in [5, 5.41) is 11.5. The van der Waals surface area contributed by atoms with Crippen molar-refractivity contribution in [3.05, 3.63) is 49.8 Å². The second-order valence-corrected chi connectivity index (χ2v) is 4.32. The first-order valence-corrected chi connectivity index (χ1v) is 5.90. The van der Waals surface area contributed by atoms with Crippen molar-refractivity contribution in [1.29, 1.82) is 0 Å². The Balaban J connectivity index is 2.89. The minimum Gasteiger partial charge on any atom is -0.308 e. The molecule has 1 aromatic carbocycles. The zero-order chi connectivity index (χ0) is 13.3. The maximum atomic E-state index is 11.7. The van der Waals surface area contributed by atoms with Crippen molar-refractivity contribution in [2.24, 2.45) is 0 Å². The molecule has 0 atom stereocenters. The van der Waals surface area contributed by atoms with E-state index in [4.69, 9.17) is 11.6 Å². The van der Waals surface area contributed by atoms with E-state index in [2.05, 4.69) is 0 Å². The van der Waals surface area contributed by atoms with Crippen molar-refractivity contribution in [2.45, 2.75) is 19.9 Å². The standard InChI is InChI=1S/C12H11ClN2O3/c1-2-7-14-10-5-4-9(13)12(15(17)18)8(10)3-6-11(14)16/h3-6H,2,7H2,1H3. The van der Waals surface area contributed by atoms with Crippen molar-refractivity contribution < 1.29 is 4.92 Å². The molecule has 0 amide bonds. The minimum atomic E-state index is -0.522. The number of hydrogen-bond acceptors (Lipinski definition) is 3. The largest absolute Gasteiger partial charge is 0.308 e. The van der Waals surface area contributed by atoms with Crippen molar-refractivity contribution in [2.75, 3.05) is 0 Å². The van der Waals surface area contributed by atoms with Crippen LogP contribution in [-0.4, -0.2) is 9.49 Å². The van der Waals surface area contributed by atoms with Gasteiger partial charge in [0.1, 0.15) is 5.02 Å². The monoisotopic (exact) mass is 266 g/mol. The molecular weight excluding hydrogens is 256 g/mol. The normalized spacial score (nSPS) is 10.8. The molecule has 0 fully saturated rings. The summed E-state index contributed by atoms with van der Waals surface area (Å²) in [5.41, 5.74) is 0.223. The summed E-state index contributed by atoms with van der Waals surface area (Å²) in [6, 6.07) is 5.88. The number of nitro groups is 1. The van der Waals surface area contributed by atoms with Crippen LogP contribution in [0.3, 0.4) is 0 Å². The molecule has 0 unspecified atom stereocenters. The predicted octanol–water partition coefficient (Wildman–Crippen LogP) is 2.97. The summed E-state index contributed by atoms with van der Waals surface area (Å²) < 4.78 is 1.53. The van der Waals surface area contributed by atoms with Crippen LogP contribution in [0.15, 0.2) is 29.1 Å². The molecule has 1 aromatic heterocycles. The Kier molecular flexibility index (Phi) is 3.34. The average molecular weight is 267 g/mol. The lowest BCUT2D eigenvalue weighted by molar-refractivity contribution is -0.382. The van der Waals surface area contributed by atoms with Gasteiger partial charge in [0.2, 0.25) is 0 Å². The molecule has 0 saturated carbocycles. The Morgan fingerprint density at radius 1 is 1.33 bits per heavy atom. The molecule has 0 saturated heterocycles. The van der Waals surface area contributed by atoms with Crippen LogP contribution in [0.4, 0.5) is 5.69 Å². The van der Waals surface area contributed by atoms with Gasteiger partial charge in [0.25, 0.3) is 11.2 Å². The van der Waals surface area contributed by atoms with E-state index in [-0.39, 0.29) is 16.3 Å². The molecule has 1 heterocycles. The van der Waals surface area contributed by atoms with Crippen LogP contribution in [0.1, 0.15) is 13.3 Å². The van der Waals surface area contributed by atoms with Crippen LogP contribution < -0.4 is 5.56 Å². The van der Waals surface area contributed by atoms with E-state index in [0.717, 1.165) is 6.42 Å². The first-order chi connectivity index (χ1) is 8.56. The number of nitrogens with zero attached hydrogens (tertiary/aromatic N) is 2. The molecule has 0 N–H and O–H groups in total. The summed E-state index contributed by atoms with van der Waals surface area (Å²) in [6.45, 7) is 2.46. The summed E-state index contributed by atoms with van der Waals surface area (Å²) in [4.78, 5) is 22.3. The Bertz CT molecular complexity index is 679. The van der Waals surface area contributed by atoms with Gasteiger partial charge in [0.15, 0.2) is 0 Å². The Morgan fingerprint density at radius 3 is 2.67 bits per heavy atom. The zero-order valence-electron chi connectivity index (χ0n) is 9.72. The number of aryl methyl sites for hydroxylation is 1. The number of nitro benzene ring substituents is 1. The molecule has 0 bridgehead atoms. The van der Waals surface area contributed by atoms with Crippen LogP contribution in [0, 0.1) is 10.1 Å². The van der Waals surface area contributed by atoms with Crippen molar-refractivity contribution in [3.63, 3.8) is 0 Å². The van der Waals surface area contributed by atoms with E-state index in [1.165, 1.54) is 22.8 Å². The van der Waals surface area contributed by atoms with E-state index in [0.29, 0.717) is 17.4 Å². The van der Waals surface area contributed by atoms with E-state index >= 15 is 0 Å². The minimum absolute atomic E-state index is 0.0780. The second-order valence-electron chi connectivity index (χ2n) is 3.91.